The maximum absolute atomic E-state index is 12.2. The fraction of sp³-hybridized carbons (Fsp3) is 0.562. The smallest absolute Gasteiger partial charge is 0.328 e. The van der Waals surface area contributed by atoms with Gasteiger partial charge in [0.15, 0.2) is 0 Å². The molecule has 1 aromatic rings. The highest BCUT2D eigenvalue weighted by Gasteiger charge is 2.23. The summed E-state index contributed by atoms with van der Waals surface area (Å²) in [4.78, 5) is 35.8. The van der Waals surface area contributed by atoms with Gasteiger partial charge in [0, 0.05) is 26.4 Å². The van der Waals surface area contributed by atoms with E-state index in [1.165, 1.54) is 27.3 Å². The molecule has 10 heteroatoms. The van der Waals surface area contributed by atoms with E-state index in [2.05, 4.69) is 10.1 Å². The van der Waals surface area contributed by atoms with Crippen LogP contribution in [0, 0.1) is 5.92 Å². The molecule has 9 nitrogen and oxygen atoms in total. The summed E-state index contributed by atoms with van der Waals surface area (Å²) in [6.45, 7) is 3.37. The number of methoxy groups -OCH3 is 1. The lowest BCUT2D eigenvalue weighted by atomic mass is 10.0. The van der Waals surface area contributed by atoms with Gasteiger partial charge in [-0.05, 0) is 18.4 Å². The monoisotopic (exact) mass is 387 g/mol. The zero-order valence-corrected chi connectivity index (χ0v) is 16.4. The van der Waals surface area contributed by atoms with Crippen LogP contribution in [0.3, 0.4) is 0 Å². The summed E-state index contributed by atoms with van der Waals surface area (Å²) < 4.78 is 31.0. The van der Waals surface area contributed by atoms with E-state index in [-0.39, 0.29) is 10.8 Å². The van der Waals surface area contributed by atoms with E-state index >= 15 is 0 Å². The number of pyridine rings is 1. The van der Waals surface area contributed by atoms with Gasteiger partial charge < -0.3 is 14.6 Å². The number of carbonyl (C=O) groups excluding carboxylic acids is 2. The standard InChI is InChI=1S/C16H25N3O6S/c1-11(2)8-13(16(22)25-5)17-14(20)10-19-9-12(6-7-15(19)21)26(23,24)18(3)4/h6-7,9,11,13H,8,10H2,1-5H3,(H,17,20)/t13-/m1/s1. The van der Waals surface area contributed by atoms with Gasteiger partial charge >= 0.3 is 5.97 Å². The SMILES string of the molecule is COC(=O)[C@@H](CC(C)C)NC(=O)Cn1cc(S(=O)(=O)N(C)C)ccc1=O. The lowest BCUT2D eigenvalue weighted by Gasteiger charge is -2.19. The molecule has 0 unspecified atom stereocenters. The van der Waals surface area contributed by atoms with Crippen molar-refractivity contribution in [3.63, 3.8) is 0 Å². The number of sulfonamides is 1. The number of hydrogen-bond donors (Lipinski definition) is 1. The second-order valence-electron chi connectivity index (χ2n) is 6.39. The molecule has 0 aliphatic carbocycles. The van der Waals surface area contributed by atoms with Crippen molar-refractivity contribution >= 4 is 21.9 Å². The van der Waals surface area contributed by atoms with Crippen LogP contribution in [0.25, 0.3) is 0 Å². The van der Waals surface area contributed by atoms with Crippen molar-refractivity contribution in [1.29, 1.82) is 0 Å². The van der Waals surface area contributed by atoms with Gasteiger partial charge in [-0.1, -0.05) is 13.8 Å². The first kappa shape index (κ1) is 21.8. The molecular formula is C16H25N3O6S. The largest absolute Gasteiger partial charge is 0.467 e. The number of esters is 1. The van der Waals surface area contributed by atoms with Crippen LogP contribution >= 0.6 is 0 Å². The van der Waals surface area contributed by atoms with Crippen LogP contribution in [0.4, 0.5) is 0 Å². The molecule has 1 rings (SSSR count). The number of nitrogens with zero attached hydrogens (tertiary/aromatic N) is 2. The van der Waals surface area contributed by atoms with Gasteiger partial charge in [-0.25, -0.2) is 17.5 Å². The molecule has 0 spiro atoms. The Hall–Kier alpha value is -2.20. The molecule has 1 heterocycles. The summed E-state index contributed by atoms with van der Waals surface area (Å²) in [5.41, 5.74) is -0.531. The third-order valence-electron chi connectivity index (χ3n) is 3.58. The topological polar surface area (TPSA) is 115 Å². The highest BCUT2D eigenvalue weighted by Crippen LogP contribution is 2.11. The van der Waals surface area contributed by atoms with Crippen molar-refractivity contribution in [3.8, 4) is 0 Å². The Morgan fingerprint density at radius 1 is 1.27 bits per heavy atom. The molecule has 0 aliphatic heterocycles. The lowest BCUT2D eigenvalue weighted by Crippen LogP contribution is -2.44. The second kappa shape index (κ2) is 8.95. The van der Waals surface area contributed by atoms with Gasteiger partial charge in [0.25, 0.3) is 5.56 Å². The van der Waals surface area contributed by atoms with E-state index in [0.29, 0.717) is 6.42 Å². The Kier molecular flexibility index (Phi) is 7.52. The van der Waals surface area contributed by atoms with Crippen molar-refractivity contribution < 1.29 is 22.7 Å². The molecule has 0 fully saturated rings. The number of amides is 1. The van der Waals surface area contributed by atoms with Crippen LogP contribution in [0.1, 0.15) is 20.3 Å². The van der Waals surface area contributed by atoms with Crippen LogP contribution in [-0.4, -0.2) is 56.4 Å². The Balaban J connectivity index is 3.02. The van der Waals surface area contributed by atoms with Gasteiger partial charge in [0.05, 0.1) is 12.0 Å². The summed E-state index contributed by atoms with van der Waals surface area (Å²) >= 11 is 0. The maximum atomic E-state index is 12.2. The molecule has 0 radical (unpaired) electrons. The fourth-order valence-electron chi connectivity index (χ4n) is 2.22. The molecule has 0 saturated carbocycles. The molecule has 1 aromatic heterocycles. The van der Waals surface area contributed by atoms with E-state index in [1.54, 1.807) is 0 Å². The van der Waals surface area contributed by atoms with Crippen LogP contribution in [-0.2, 0) is 30.9 Å². The van der Waals surface area contributed by atoms with Crippen molar-refractivity contribution in [1.82, 2.24) is 14.2 Å². The molecule has 146 valence electrons. The predicted molar refractivity (Wildman–Crippen MR) is 95.0 cm³/mol. The van der Waals surface area contributed by atoms with Crippen LogP contribution in [0.2, 0.25) is 0 Å². The van der Waals surface area contributed by atoms with Crippen molar-refractivity contribution in [2.75, 3.05) is 21.2 Å². The summed E-state index contributed by atoms with van der Waals surface area (Å²) in [5, 5.41) is 2.52. The molecule has 1 amide bonds. The van der Waals surface area contributed by atoms with Crippen LogP contribution < -0.4 is 10.9 Å². The minimum absolute atomic E-state index is 0.110. The minimum atomic E-state index is -3.74. The molecule has 0 saturated heterocycles. The maximum Gasteiger partial charge on any atom is 0.328 e. The average Bonchev–Trinajstić information content (AvgIpc) is 2.54. The highest BCUT2D eigenvalue weighted by atomic mass is 32.2. The van der Waals surface area contributed by atoms with Crippen molar-refractivity contribution in [2.24, 2.45) is 5.92 Å². The fourth-order valence-corrected chi connectivity index (χ4v) is 3.14. The Morgan fingerprint density at radius 3 is 2.38 bits per heavy atom. The highest BCUT2D eigenvalue weighted by molar-refractivity contribution is 7.89. The van der Waals surface area contributed by atoms with Crippen LogP contribution in [0.5, 0.6) is 0 Å². The number of ether oxygens (including phenoxy) is 1. The molecule has 26 heavy (non-hydrogen) atoms. The molecule has 1 N–H and O–H groups in total. The normalized spacial score (nSPS) is 12.9. The summed E-state index contributed by atoms with van der Waals surface area (Å²) in [7, 11) is 0.214. The Labute approximate surface area is 153 Å². The number of nitrogens with one attached hydrogen (secondary N) is 1. The molecule has 0 aromatic carbocycles. The van der Waals surface area contributed by atoms with E-state index in [1.807, 2.05) is 13.8 Å². The third kappa shape index (κ3) is 5.67. The summed E-state index contributed by atoms with van der Waals surface area (Å²) in [5.74, 6) is -1.04. The zero-order valence-electron chi connectivity index (χ0n) is 15.6. The average molecular weight is 387 g/mol. The van der Waals surface area contributed by atoms with E-state index in [9.17, 15) is 22.8 Å². The number of hydrogen-bond acceptors (Lipinski definition) is 6. The van der Waals surface area contributed by atoms with Gasteiger partial charge in [0.2, 0.25) is 15.9 Å². The van der Waals surface area contributed by atoms with Gasteiger partial charge in [-0.3, -0.25) is 9.59 Å². The molecular weight excluding hydrogens is 362 g/mol. The number of aromatic nitrogens is 1. The molecule has 1 atom stereocenters. The van der Waals surface area contributed by atoms with E-state index < -0.39 is 40.0 Å². The Bertz CT molecular complexity index is 814. The first-order valence-electron chi connectivity index (χ1n) is 7.99. The van der Waals surface area contributed by atoms with Gasteiger partial charge in [-0.2, -0.15) is 0 Å². The quantitative estimate of drug-likeness (QED) is 0.618. The second-order valence-corrected chi connectivity index (χ2v) is 8.54. The van der Waals surface area contributed by atoms with Crippen molar-refractivity contribution in [3.05, 3.63) is 28.7 Å². The molecule has 0 aliphatic rings. The Morgan fingerprint density at radius 2 is 1.88 bits per heavy atom. The summed E-state index contributed by atoms with van der Waals surface area (Å²) in [6, 6.07) is 1.43. The van der Waals surface area contributed by atoms with Gasteiger partial charge in [0.1, 0.15) is 12.6 Å². The predicted octanol–water partition coefficient (Wildman–Crippen LogP) is -0.197. The van der Waals surface area contributed by atoms with Crippen LogP contribution in [0.15, 0.2) is 28.0 Å². The molecule has 0 bridgehead atoms. The van der Waals surface area contributed by atoms with Crippen molar-refractivity contribution in [2.45, 2.75) is 37.8 Å². The summed E-state index contributed by atoms with van der Waals surface area (Å²) in [6.07, 6.45) is 1.48. The third-order valence-corrected chi connectivity index (χ3v) is 5.38. The zero-order chi connectivity index (χ0) is 20.1. The van der Waals surface area contributed by atoms with E-state index in [0.717, 1.165) is 21.1 Å². The first-order chi connectivity index (χ1) is 12.0. The first-order valence-corrected chi connectivity index (χ1v) is 9.43. The van der Waals surface area contributed by atoms with Gasteiger partial charge in [-0.15, -0.1) is 0 Å². The number of carbonyl (C=O) groups is 2. The van der Waals surface area contributed by atoms with E-state index in [4.69, 9.17) is 0 Å². The number of rotatable bonds is 8. The lowest BCUT2D eigenvalue weighted by molar-refractivity contribution is -0.145. The minimum Gasteiger partial charge on any atom is -0.467 e.